The van der Waals surface area contributed by atoms with E-state index in [0.717, 1.165) is 0 Å². The molecule has 1 unspecified atom stereocenters. The third-order valence-corrected chi connectivity index (χ3v) is 6.77. The fourth-order valence-electron chi connectivity index (χ4n) is 4.02. The number of aliphatic hydroxyl groups is 3. The van der Waals surface area contributed by atoms with Crippen LogP contribution in [0.4, 0.5) is 5.95 Å². The second-order valence-electron chi connectivity index (χ2n) is 8.30. The van der Waals surface area contributed by atoms with Gasteiger partial charge in [0.1, 0.15) is 24.1 Å². The lowest BCUT2D eigenvalue weighted by Gasteiger charge is -2.21. The van der Waals surface area contributed by atoms with Gasteiger partial charge in [0.15, 0.2) is 17.4 Å². The van der Waals surface area contributed by atoms with Crippen LogP contribution in [0.25, 0.3) is 11.2 Å². The predicted molar refractivity (Wildman–Crippen MR) is 126 cm³/mol. The van der Waals surface area contributed by atoms with E-state index in [0.29, 0.717) is 16.8 Å². The molecule has 0 radical (unpaired) electrons. The molecule has 4 rings (SSSR count). The molecule has 3 aromatic rings. The minimum Gasteiger partial charge on any atom is -0.481 e. The van der Waals surface area contributed by atoms with Crippen LogP contribution in [-0.2, 0) is 20.2 Å². The Morgan fingerprint density at radius 3 is 2.65 bits per heavy atom. The Hall–Kier alpha value is -3.11. The number of rotatable bonds is 9. The molecule has 0 aliphatic carbocycles. The summed E-state index contributed by atoms with van der Waals surface area (Å²) >= 11 is 0. The van der Waals surface area contributed by atoms with Crippen molar-refractivity contribution in [3.8, 4) is 11.6 Å². The summed E-state index contributed by atoms with van der Waals surface area (Å²) < 4.78 is 35.2. The van der Waals surface area contributed by atoms with Crippen LogP contribution in [0.3, 0.4) is 0 Å². The Bertz CT molecular complexity index is 1410. The number of nitrogens with one attached hydrogen (secondary N) is 1. The topological polar surface area (TPSA) is 237 Å². The molecular weight excluding hydrogens is 515 g/mol. The Morgan fingerprint density at radius 2 is 1.97 bits per heavy atom. The first-order valence-corrected chi connectivity index (χ1v) is 12.5. The highest BCUT2D eigenvalue weighted by Crippen LogP contribution is 2.48. The number of aliphatic hydroxyl groups excluding tert-OH is 3. The third-order valence-electron chi connectivity index (χ3n) is 5.88. The standard InChI is InChI=1S/C20H27N6O10P/c1-8-10(4-5-27)23-18(33-3)9(2)15(8)36-37(31,32)34-6-11-13(28)14(29)19(35-11)26-7-22-12-16(26)24-20(21)25-17(12)30/h7,11,13-14,19,27-29H,4-6H2,1-3H3,(H,31,32)(H3,21,24,25,30)/t11-,13-,14-,19-/m1/s1. The molecule has 1 aliphatic heterocycles. The highest BCUT2D eigenvalue weighted by Gasteiger charge is 2.45. The van der Waals surface area contributed by atoms with Crippen LogP contribution in [-0.4, -0.2) is 83.4 Å². The third kappa shape index (κ3) is 5.17. The quantitative estimate of drug-likeness (QED) is 0.179. The van der Waals surface area contributed by atoms with Gasteiger partial charge in [0.25, 0.3) is 5.56 Å². The van der Waals surface area contributed by atoms with Crippen molar-refractivity contribution in [2.24, 2.45) is 0 Å². The van der Waals surface area contributed by atoms with Crippen molar-refractivity contribution < 1.29 is 43.3 Å². The van der Waals surface area contributed by atoms with Gasteiger partial charge in [-0.1, -0.05) is 0 Å². The van der Waals surface area contributed by atoms with E-state index < -0.39 is 44.5 Å². The van der Waals surface area contributed by atoms with Crippen molar-refractivity contribution in [1.29, 1.82) is 0 Å². The summed E-state index contributed by atoms with van der Waals surface area (Å²) in [4.78, 5) is 36.9. The second-order valence-corrected chi connectivity index (χ2v) is 9.68. The van der Waals surface area contributed by atoms with Crippen molar-refractivity contribution in [2.75, 3.05) is 26.1 Å². The number of nitrogens with two attached hydrogens (primary N) is 1. The van der Waals surface area contributed by atoms with E-state index >= 15 is 0 Å². The molecule has 1 fully saturated rings. The molecule has 3 aromatic heterocycles. The molecule has 0 amide bonds. The van der Waals surface area contributed by atoms with Crippen molar-refractivity contribution in [1.82, 2.24) is 24.5 Å². The zero-order chi connectivity index (χ0) is 27.1. The van der Waals surface area contributed by atoms with Gasteiger partial charge in [-0.15, -0.1) is 0 Å². The summed E-state index contributed by atoms with van der Waals surface area (Å²) in [6.07, 6.45) is -4.24. The maximum Gasteiger partial charge on any atom is 0.527 e. The van der Waals surface area contributed by atoms with Gasteiger partial charge in [-0.3, -0.25) is 23.8 Å². The second kappa shape index (κ2) is 10.3. The first-order chi connectivity index (χ1) is 17.5. The Kier molecular flexibility index (Phi) is 7.52. The summed E-state index contributed by atoms with van der Waals surface area (Å²) in [7, 11) is -3.41. The van der Waals surface area contributed by atoms with E-state index in [4.69, 9.17) is 24.3 Å². The summed E-state index contributed by atoms with van der Waals surface area (Å²) in [5, 5.41) is 30.3. The number of hydrogen-bond donors (Lipinski definition) is 6. The molecule has 0 aromatic carbocycles. The molecule has 1 aliphatic rings. The molecule has 37 heavy (non-hydrogen) atoms. The highest BCUT2D eigenvalue weighted by molar-refractivity contribution is 7.47. The van der Waals surface area contributed by atoms with E-state index in [-0.39, 0.29) is 41.8 Å². The van der Waals surface area contributed by atoms with Gasteiger partial charge in [0, 0.05) is 18.6 Å². The van der Waals surface area contributed by atoms with Gasteiger partial charge in [-0.05, 0) is 13.8 Å². The Morgan fingerprint density at radius 1 is 1.24 bits per heavy atom. The van der Waals surface area contributed by atoms with E-state index in [1.807, 2.05) is 0 Å². The molecule has 5 atom stereocenters. The number of H-pyrrole nitrogens is 1. The smallest absolute Gasteiger partial charge is 0.481 e. The summed E-state index contributed by atoms with van der Waals surface area (Å²) in [6, 6.07) is 0. The summed E-state index contributed by atoms with van der Waals surface area (Å²) in [6.45, 7) is 2.32. The lowest BCUT2D eigenvalue weighted by Crippen LogP contribution is -2.33. The van der Waals surface area contributed by atoms with E-state index in [9.17, 15) is 29.6 Å². The highest BCUT2D eigenvalue weighted by atomic mass is 31.2. The summed E-state index contributed by atoms with van der Waals surface area (Å²) in [5.41, 5.74) is 6.07. The van der Waals surface area contributed by atoms with Gasteiger partial charge in [-0.25, -0.2) is 14.5 Å². The number of hydrogen-bond acceptors (Lipinski definition) is 13. The number of phosphoric acid groups is 1. The normalized spacial score (nSPS) is 23.3. The number of fused-ring (bicyclic) bond motifs is 1. The number of phosphoric ester groups is 1. The average molecular weight is 542 g/mol. The number of ether oxygens (including phenoxy) is 2. The van der Waals surface area contributed by atoms with Gasteiger partial charge in [0.05, 0.1) is 31.3 Å². The SMILES string of the molecule is COc1nc(CCO)c(C)c(OP(=O)(O)OC[C@H]2O[C@@H](n3cnc4c(=O)[nH]c(N)nc43)[C@H](O)[C@@H]2O)c1C. The lowest BCUT2D eigenvalue weighted by atomic mass is 10.1. The first kappa shape index (κ1) is 26.9. The van der Waals surface area contributed by atoms with Crippen molar-refractivity contribution >= 4 is 24.9 Å². The van der Waals surface area contributed by atoms with Gasteiger partial charge in [0.2, 0.25) is 11.8 Å². The average Bonchev–Trinajstić information content (AvgIpc) is 3.38. The van der Waals surface area contributed by atoms with E-state index in [1.165, 1.54) is 18.0 Å². The molecule has 16 nitrogen and oxygen atoms in total. The van der Waals surface area contributed by atoms with Crippen LogP contribution in [0.5, 0.6) is 11.6 Å². The molecule has 0 saturated carbocycles. The predicted octanol–water partition coefficient (Wildman–Crippen LogP) is -0.928. The summed E-state index contributed by atoms with van der Waals surface area (Å²) in [5.74, 6) is -0.0538. The number of pyridine rings is 1. The molecule has 7 N–H and O–H groups in total. The first-order valence-electron chi connectivity index (χ1n) is 11.0. The van der Waals surface area contributed by atoms with Crippen LogP contribution in [0.2, 0.25) is 0 Å². The zero-order valence-corrected chi connectivity index (χ0v) is 21.0. The number of imidazole rings is 1. The minimum absolute atomic E-state index is 0.00602. The van der Waals surface area contributed by atoms with Crippen molar-refractivity contribution in [2.45, 2.75) is 44.8 Å². The maximum absolute atomic E-state index is 12.8. The monoisotopic (exact) mass is 542 g/mol. The van der Waals surface area contributed by atoms with Crippen LogP contribution < -0.4 is 20.6 Å². The maximum atomic E-state index is 12.8. The fraction of sp³-hybridized carbons (Fsp3) is 0.500. The van der Waals surface area contributed by atoms with Crippen LogP contribution in [0.1, 0.15) is 23.0 Å². The molecule has 202 valence electrons. The molecule has 1 saturated heterocycles. The largest absolute Gasteiger partial charge is 0.527 e. The van der Waals surface area contributed by atoms with Gasteiger partial charge >= 0.3 is 7.82 Å². The molecule has 0 spiro atoms. The van der Waals surface area contributed by atoms with Crippen LogP contribution >= 0.6 is 7.82 Å². The Labute approximate surface area is 209 Å². The number of aromatic nitrogens is 5. The van der Waals surface area contributed by atoms with Gasteiger partial charge in [-0.2, -0.15) is 4.98 Å². The number of nitrogens with zero attached hydrogens (tertiary/aromatic N) is 4. The lowest BCUT2D eigenvalue weighted by molar-refractivity contribution is -0.0501. The van der Waals surface area contributed by atoms with Crippen LogP contribution in [0.15, 0.2) is 11.1 Å². The van der Waals surface area contributed by atoms with Crippen molar-refractivity contribution in [3.63, 3.8) is 0 Å². The number of aromatic amines is 1. The van der Waals surface area contributed by atoms with Crippen LogP contribution in [0, 0.1) is 13.8 Å². The number of methoxy groups -OCH3 is 1. The number of anilines is 1. The van der Waals surface area contributed by atoms with Crippen molar-refractivity contribution in [3.05, 3.63) is 33.5 Å². The molecular formula is C20H27N6O10P. The molecule has 4 heterocycles. The zero-order valence-electron chi connectivity index (χ0n) is 20.1. The molecule has 0 bridgehead atoms. The Balaban J connectivity index is 1.51. The fourth-order valence-corrected chi connectivity index (χ4v) is 4.91. The molecule has 17 heteroatoms. The van der Waals surface area contributed by atoms with E-state index in [2.05, 4.69) is 19.9 Å². The number of nitrogen functional groups attached to an aromatic ring is 1. The minimum atomic E-state index is -4.78. The van der Waals surface area contributed by atoms with E-state index in [1.54, 1.807) is 13.8 Å². The van der Waals surface area contributed by atoms with Gasteiger partial charge < -0.3 is 35.1 Å².